The molecule has 84 valence electrons. The Bertz CT molecular complexity index is 661. The summed E-state index contributed by atoms with van der Waals surface area (Å²) in [6, 6.07) is 9.89. The van der Waals surface area contributed by atoms with E-state index in [0.717, 1.165) is 0 Å². The van der Waals surface area contributed by atoms with Crippen molar-refractivity contribution < 1.29 is 33.9 Å². The van der Waals surface area contributed by atoms with E-state index in [0.29, 0.717) is 5.69 Å². The Balaban J connectivity index is 0.00000162. The molecule has 3 nitrogen and oxygen atoms in total. The van der Waals surface area contributed by atoms with E-state index < -0.39 is 5.82 Å². The van der Waals surface area contributed by atoms with Crippen LogP contribution in [-0.2, 0) is 12.6 Å². The molecule has 0 fully saturated rings. The van der Waals surface area contributed by atoms with Crippen LogP contribution in [0.2, 0.25) is 0 Å². The van der Waals surface area contributed by atoms with E-state index >= 15 is 0 Å². The average molecular weight is 268 g/mol. The third-order valence-electron chi connectivity index (χ3n) is 2.25. The van der Waals surface area contributed by atoms with Crippen LogP contribution >= 0.6 is 0 Å². The van der Waals surface area contributed by atoms with Gasteiger partial charge < -0.3 is 17.2 Å². The van der Waals surface area contributed by atoms with Crippen LogP contribution in [-0.4, -0.2) is 4.57 Å². The molecule has 0 aliphatic heterocycles. The number of hydrogen-bond donors (Lipinski definition) is 0. The molecule has 0 spiro atoms. The molecule has 0 amide bonds. The number of rotatable bonds is 1. The molecule has 6 heteroatoms. The van der Waals surface area contributed by atoms with Crippen molar-refractivity contribution in [3.8, 4) is 11.8 Å². The normalized spacial score (nSPS) is 9.33. The van der Waals surface area contributed by atoms with Crippen LogP contribution in [0, 0.1) is 17.1 Å². The number of halogens is 1. The van der Waals surface area contributed by atoms with Crippen molar-refractivity contribution in [2.45, 2.75) is 5.03 Å². The molecule has 0 N–H and O–H groups in total. The summed E-state index contributed by atoms with van der Waals surface area (Å²) >= 11 is 5.04. The molecular formula is C12H6FN2NaOS. The fraction of sp³-hybridized carbons (Fsp3) is 0. The Labute approximate surface area is 131 Å². The molecule has 0 aliphatic rings. The van der Waals surface area contributed by atoms with Crippen LogP contribution in [0.15, 0.2) is 46.2 Å². The zero-order valence-electron chi connectivity index (χ0n) is 9.55. The van der Waals surface area contributed by atoms with Crippen LogP contribution in [0.3, 0.4) is 0 Å². The molecule has 0 saturated carbocycles. The number of nitrogens with zero attached hydrogens (tertiary/aromatic N) is 2. The average Bonchev–Trinajstić information content (AvgIpc) is 2.32. The molecule has 0 aliphatic carbocycles. The largest absolute Gasteiger partial charge is 1.00 e. The van der Waals surface area contributed by atoms with Gasteiger partial charge in [-0.25, -0.2) is 4.39 Å². The maximum atomic E-state index is 12.8. The molecule has 1 aromatic carbocycles. The Hall–Kier alpha value is -1.19. The van der Waals surface area contributed by atoms with Gasteiger partial charge in [0.2, 0.25) is 0 Å². The molecular weight excluding hydrogens is 262 g/mol. The zero-order chi connectivity index (χ0) is 12.4. The predicted molar refractivity (Wildman–Crippen MR) is 62.3 cm³/mol. The van der Waals surface area contributed by atoms with Crippen LogP contribution in [0.1, 0.15) is 5.56 Å². The molecule has 1 aromatic heterocycles. The van der Waals surface area contributed by atoms with Crippen LogP contribution in [0.5, 0.6) is 0 Å². The number of aromatic nitrogens is 1. The van der Waals surface area contributed by atoms with Crippen molar-refractivity contribution >= 4 is 12.6 Å². The van der Waals surface area contributed by atoms with Gasteiger partial charge in [0.05, 0.1) is 6.07 Å². The van der Waals surface area contributed by atoms with E-state index in [4.69, 9.17) is 17.9 Å². The SMILES string of the molecule is N#Cc1ccc(=O)n(-c2ccc(F)cc2)c1[S-].[Na+]. The van der Waals surface area contributed by atoms with E-state index in [1.807, 2.05) is 6.07 Å². The maximum Gasteiger partial charge on any atom is 1.00 e. The van der Waals surface area contributed by atoms with Gasteiger partial charge in [0.25, 0.3) is 5.56 Å². The van der Waals surface area contributed by atoms with E-state index in [-0.39, 0.29) is 45.7 Å². The molecule has 0 bridgehead atoms. The predicted octanol–water partition coefficient (Wildman–Crippen LogP) is -1.24. The fourth-order valence-electron chi connectivity index (χ4n) is 1.44. The van der Waals surface area contributed by atoms with Gasteiger partial charge in [-0.3, -0.25) is 4.79 Å². The van der Waals surface area contributed by atoms with Crippen molar-refractivity contribution in [3.05, 3.63) is 58.1 Å². The van der Waals surface area contributed by atoms with E-state index in [1.54, 1.807) is 0 Å². The summed E-state index contributed by atoms with van der Waals surface area (Å²) in [7, 11) is 0. The van der Waals surface area contributed by atoms with Gasteiger partial charge in [-0.05, 0) is 30.3 Å². The summed E-state index contributed by atoms with van der Waals surface area (Å²) in [5.41, 5.74) is 0.336. The Morgan fingerprint density at radius 3 is 2.33 bits per heavy atom. The third kappa shape index (κ3) is 2.79. The first-order valence-corrected chi connectivity index (χ1v) is 5.13. The van der Waals surface area contributed by atoms with Gasteiger partial charge in [0.1, 0.15) is 5.82 Å². The summed E-state index contributed by atoms with van der Waals surface area (Å²) in [5.74, 6) is -0.399. The van der Waals surface area contributed by atoms with Crippen LogP contribution < -0.4 is 35.1 Å². The monoisotopic (exact) mass is 268 g/mol. The Kier molecular flexibility index (Phi) is 5.05. The molecule has 1 heterocycles. The second-order valence-electron chi connectivity index (χ2n) is 3.31. The van der Waals surface area contributed by atoms with Crippen LogP contribution in [0.4, 0.5) is 4.39 Å². The standard InChI is InChI=1S/C12H7FN2OS.Na/c13-9-2-4-10(5-3-9)15-11(16)6-1-8(7-14)12(15)17;/h1-6,17H;/q;+1/p-1. The topological polar surface area (TPSA) is 45.8 Å². The van der Waals surface area contributed by atoms with Gasteiger partial charge in [0, 0.05) is 17.3 Å². The summed E-state index contributed by atoms with van der Waals surface area (Å²) < 4.78 is 14.0. The van der Waals surface area contributed by atoms with Gasteiger partial charge in [-0.1, -0.05) is 5.03 Å². The smallest absolute Gasteiger partial charge is 0.760 e. The molecule has 0 atom stereocenters. The molecule has 2 aromatic rings. The van der Waals surface area contributed by atoms with Gasteiger partial charge in [0.15, 0.2) is 0 Å². The van der Waals surface area contributed by atoms with Crippen LogP contribution in [0.25, 0.3) is 5.69 Å². The molecule has 0 saturated heterocycles. The van der Waals surface area contributed by atoms with Crippen molar-refractivity contribution in [2.24, 2.45) is 0 Å². The fourth-order valence-corrected chi connectivity index (χ4v) is 1.75. The van der Waals surface area contributed by atoms with Crippen molar-refractivity contribution in [3.63, 3.8) is 0 Å². The van der Waals surface area contributed by atoms with Gasteiger partial charge in [-0.15, -0.1) is 0 Å². The number of hydrogen-bond acceptors (Lipinski definition) is 3. The minimum atomic E-state index is -0.399. The van der Waals surface area contributed by atoms with Crippen molar-refractivity contribution in [2.75, 3.05) is 0 Å². The minimum Gasteiger partial charge on any atom is -0.760 e. The first-order valence-electron chi connectivity index (χ1n) is 4.72. The molecule has 0 unspecified atom stereocenters. The van der Waals surface area contributed by atoms with Crippen molar-refractivity contribution in [1.82, 2.24) is 4.57 Å². The molecule has 0 radical (unpaired) electrons. The Morgan fingerprint density at radius 2 is 1.78 bits per heavy atom. The maximum absolute atomic E-state index is 12.8. The number of benzene rings is 1. The first kappa shape index (κ1) is 14.9. The first-order chi connectivity index (χ1) is 8.13. The zero-order valence-corrected chi connectivity index (χ0v) is 12.4. The third-order valence-corrected chi connectivity index (χ3v) is 2.65. The summed E-state index contributed by atoms with van der Waals surface area (Å²) in [5, 5.41) is 8.96. The quantitative estimate of drug-likeness (QED) is 0.480. The number of pyridine rings is 1. The van der Waals surface area contributed by atoms with E-state index in [9.17, 15) is 9.18 Å². The Morgan fingerprint density at radius 1 is 1.17 bits per heavy atom. The van der Waals surface area contributed by atoms with E-state index in [1.165, 1.54) is 41.0 Å². The number of nitriles is 1. The molecule has 2 rings (SSSR count). The minimum absolute atomic E-state index is 0. The summed E-state index contributed by atoms with van der Waals surface area (Å²) in [6.45, 7) is 0. The van der Waals surface area contributed by atoms with Crippen molar-refractivity contribution in [1.29, 1.82) is 5.26 Å². The van der Waals surface area contributed by atoms with Gasteiger partial charge in [-0.2, -0.15) is 5.26 Å². The van der Waals surface area contributed by atoms with E-state index in [2.05, 4.69) is 0 Å². The molecule has 18 heavy (non-hydrogen) atoms. The summed E-state index contributed by atoms with van der Waals surface area (Å²) in [6.07, 6.45) is 0. The van der Waals surface area contributed by atoms with Gasteiger partial charge >= 0.3 is 29.6 Å². The summed E-state index contributed by atoms with van der Waals surface area (Å²) in [4.78, 5) is 11.7. The second-order valence-corrected chi connectivity index (χ2v) is 3.70. The second kappa shape index (κ2) is 6.12.